The third-order valence-electron chi connectivity index (χ3n) is 2.71. The summed E-state index contributed by atoms with van der Waals surface area (Å²) in [5.74, 6) is 0.654. The van der Waals surface area contributed by atoms with Gasteiger partial charge >= 0.3 is 0 Å². The van der Waals surface area contributed by atoms with Gasteiger partial charge in [0.2, 0.25) is 0 Å². The van der Waals surface area contributed by atoms with E-state index in [2.05, 4.69) is 15.9 Å². The molecule has 0 aliphatic rings. The number of rotatable bonds is 4. The molecule has 0 aliphatic carbocycles. The van der Waals surface area contributed by atoms with E-state index in [1.54, 1.807) is 13.0 Å². The number of non-ortho nitro benzene ring substituents is 1. The normalized spacial score (nSPS) is 10.2. The molecule has 98 valence electrons. The van der Waals surface area contributed by atoms with E-state index in [-0.39, 0.29) is 5.69 Å². The van der Waals surface area contributed by atoms with E-state index in [4.69, 9.17) is 4.74 Å². The van der Waals surface area contributed by atoms with Gasteiger partial charge in [0.15, 0.2) is 0 Å². The van der Waals surface area contributed by atoms with Crippen LogP contribution in [0.2, 0.25) is 0 Å². The van der Waals surface area contributed by atoms with E-state index in [1.165, 1.54) is 12.1 Å². The van der Waals surface area contributed by atoms with Gasteiger partial charge in [-0.2, -0.15) is 0 Å². The molecule has 19 heavy (non-hydrogen) atoms. The van der Waals surface area contributed by atoms with Crippen LogP contribution in [0.4, 0.5) is 5.69 Å². The predicted octanol–water partition coefficient (Wildman–Crippen LogP) is 4.24. The summed E-state index contributed by atoms with van der Waals surface area (Å²) in [6.45, 7) is 2.21. The zero-order chi connectivity index (χ0) is 13.8. The Hall–Kier alpha value is -1.88. The zero-order valence-corrected chi connectivity index (χ0v) is 11.9. The van der Waals surface area contributed by atoms with Crippen LogP contribution in [0.25, 0.3) is 0 Å². The number of nitrogens with zero attached hydrogens (tertiary/aromatic N) is 1. The average molecular weight is 322 g/mol. The van der Waals surface area contributed by atoms with Crippen molar-refractivity contribution in [1.82, 2.24) is 0 Å². The Kier molecular flexibility index (Phi) is 4.16. The fourth-order valence-corrected chi connectivity index (χ4v) is 2.08. The molecule has 0 heterocycles. The maximum absolute atomic E-state index is 10.6. The molecule has 4 nitrogen and oxygen atoms in total. The molecule has 5 heteroatoms. The highest BCUT2D eigenvalue weighted by atomic mass is 79.9. The molecule has 0 aliphatic heterocycles. The van der Waals surface area contributed by atoms with Crippen LogP contribution in [0, 0.1) is 17.0 Å². The third kappa shape index (κ3) is 3.32. The number of nitro groups is 1. The Morgan fingerprint density at radius 1 is 1.26 bits per heavy atom. The van der Waals surface area contributed by atoms with Crippen LogP contribution in [0.5, 0.6) is 5.75 Å². The number of benzene rings is 2. The van der Waals surface area contributed by atoms with Gasteiger partial charge in [-0.05, 0) is 24.6 Å². The molecular weight excluding hydrogens is 310 g/mol. The van der Waals surface area contributed by atoms with E-state index in [9.17, 15) is 10.1 Å². The van der Waals surface area contributed by atoms with Gasteiger partial charge < -0.3 is 4.74 Å². The van der Waals surface area contributed by atoms with Crippen LogP contribution < -0.4 is 4.74 Å². The Morgan fingerprint density at radius 3 is 2.63 bits per heavy atom. The number of aryl methyl sites for hydroxylation is 1. The van der Waals surface area contributed by atoms with Gasteiger partial charge in [-0.25, -0.2) is 0 Å². The van der Waals surface area contributed by atoms with Crippen molar-refractivity contribution >= 4 is 21.6 Å². The molecule has 0 saturated carbocycles. The second kappa shape index (κ2) is 5.84. The molecule has 0 spiro atoms. The predicted molar refractivity (Wildman–Crippen MR) is 76.3 cm³/mol. The first kappa shape index (κ1) is 13.5. The lowest BCUT2D eigenvalue weighted by molar-refractivity contribution is -0.384. The van der Waals surface area contributed by atoms with Crippen LogP contribution in [0.3, 0.4) is 0 Å². The van der Waals surface area contributed by atoms with E-state index in [0.717, 1.165) is 15.6 Å². The summed E-state index contributed by atoms with van der Waals surface area (Å²) in [5.41, 5.74) is 1.85. The zero-order valence-electron chi connectivity index (χ0n) is 10.3. The van der Waals surface area contributed by atoms with Crippen LogP contribution >= 0.6 is 15.9 Å². The molecular formula is C14H12BrNO3. The monoisotopic (exact) mass is 321 g/mol. The molecule has 0 saturated heterocycles. The minimum absolute atomic E-state index is 0.0748. The van der Waals surface area contributed by atoms with E-state index in [1.807, 2.05) is 24.3 Å². The lowest BCUT2D eigenvalue weighted by Crippen LogP contribution is -1.98. The van der Waals surface area contributed by atoms with Crippen molar-refractivity contribution in [2.45, 2.75) is 13.5 Å². The number of hydrogen-bond donors (Lipinski definition) is 0. The minimum Gasteiger partial charge on any atom is -0.489 e. The Balaban J connectivity index is 2.12. The van der Waals surface area contributed by atoms with Crippen molar-refractivity contribution in [3.05, 3.63) is 68.2 Å². The molecule has 0 N–H and O–H groups in total. The van der Waals surface area contributed by atoms with Gasteiger partial charge in [-0.3, -0.25) is 10.1 Å². The Bertz CT molecular complexity index is 613. The Labute approximate surface area is 119 Å². The van der Waals surface area contributed by atoms with Gasteiger partial charge in [-0.1, -0.05) is 34.1 Å². The molecule has 0 bridgehead atoms. The summed E-state index contributed by atoms with van der Waals surface area (Å²) in [6.07, 6.45) is 0. The van der Waals surface area contributed by atoms with Crippen molar-refractivity contribution in [1.29, 1.82) is 0 Å². The molecule has 0 atom stereocenters. The van der Waals surface area contributed by atoms with Crippen molar-refractivity contribution in [3.63, 3.8) is 0 Å². The first-order chi connectivity index (χ1) is 9.08. The molecule has 0 radical (unpaired) electrons. The van der Waals surface area contributed by atoms with Gasteiger partial charge in [-0.15, -0.1) is 0 Å². The van der Waals surface area contributed by atoms with Crippen molar-refractivity contribution < 1.29 is 9.66 Å². The second-order valence-electron chi connectivity index (χ2n) is 4.09. The van der Waals surface area contributed by atoms with Crippen molar-refractivity contribution in [2.24, 2.45) is 0 Å². The van der Waals surface area contributed by atoms with Crippen LogP contribution in [-0.4, -0.2) is 4.92 Å². The summed E-state index contributed by atoms with van der Waals surface area (Å²) in [7, 11) is 0. The smallest absolute Gasteiger partial charge is 0.269 e. The topological polar surface area (TPSA) is 52.4 Å². The SMILES string of the molecule is Cc1cc([N+](=O)[O-])ccc1OCc1ccccc1Br. The molecule has 0 fully saturated rings. The van der Waals surface area contributed by atoms with E-state index >= 15 is 0 Å². The van der Waals surface area contributed by atoms with Gasteiger partial charge in [0, 0.05) is 22.2 Å². The van der Waals surface area contributed by atoms with Crippen molar-refractivity contribution in [2.75, 3.05) is 0 Å². The minimum atomic E-state index is -0.412. The summed E-state index contributed by atoms with van der Waals surface area (Å²) >= 11 is 3.45. The largest absolute Gasteiger partial charge is 0.489 e. The molecule has 2 aromatic carbocycles. The van der Waals surface area contributed by atoms with Crippen molar-refractivity contribution in [3.8, 4) is 5.75 Å². The van der Waals surface area contributed by atoms with E-state index in [0.29, 0.717) is 12.4 Å². The lowest BCUT2D eigenvalue weighted by Gasteiger charge is -2.10. The summed E-state index contributed by atoms with van der Waals surface area (Å²) in [5, 5.41) is 10.6. The number of halogens is 1. The molecule has 0 amide bonds. The summed E-state index contributed by atoms with van der Waals surface area (Å²) in [6, 6.07) is 12.4. The maximum atomic E-state index is 10.6. The second-order valence-corrected chi connectivity index (χ2v) is 4.94. The number of hydrogen-bond acceptors (Lipinski definition) is 3. The number of nitro benzene ring substituents is 1. The standard InChI is InChI=1S/C14H12BrNO3/c1-10-8-12(16(17)18)6-7-14(10)19-9-11-4-2-3-5-13(11)15/h2-8H,9H2,1H3. The van der Waals surface area contributed by atoms with Crippen LogP contribution in [0.1, 0.15) is 11.1 Å². The maximum Gasteiger partial charge on any atom is 0.269 e. The average Bonchev–Trinajstić information content (AvgIpc) is 2.39. The molecule has 2 aromatic rings. The molecule has 0 aromatic heterocycles. The highest BCUT2D eigenvalue weighted by Crippen LogP contribution is 2.25. The van der Waals surface area contributed by atoms with Gasteiger partial charge in [0.25, 0.3) is 5.69 Å². The van der Waals surface area contributed by atoms with Gasteiger partial charge in [0.05, 0.1) is 4.92 Å². The Morgan fingerprint density at radius 2 is 2.00 bits per heavy atom. The highest BCUT2D eigenvalue weighted by Gasteiger charge is 2.09. The fourth-order valence-electron chi connectivity index (χ4n) is 1.68. The third-order valence-corrected chi connectivity index (χ3v) is 3.48. The fraction of sp³-hybridized carbons (Fsp3) is 0.143. The molecule has 2 rings (SSSR count). The quantitative estimate of drug-likeness (QED) is 0.625. The van der Waals surface area contributed by atoms with Crippen LogP contribution in [0.15, 0.2) is 46.9 Å². The summed E-state index contributed by atoms with van der Waals surface area (Å²) < 4.78 is 6.67. The first-order valence-corrected chi connectivity index (χ1v) is 6.48. The van der Waals surface area contributed by atoms with E-state index < -0.39 is 4.92 Å². The highest BCUT2D eigenvalue weighted by molar-refractivity contribution is 9.10. The lowest BCUT2D eigenvalue weighted by atomic mass is 10.2. The number of ether oxygens (including phenoxy) is 1. The summed E-state index contributed by atoms with van der Waals surface area (Å²) in [4.78, 5) is 10.2. The van der Waals surface area contributed by atoms with Gasteiger partial charge in [0.1, 0.15) is 12.4 Å². The first-order valence-electron chi connectivity index (χ1n) is 5.69. The van der Waals surface area contributed by atoms with Crippen LogP contribution in [-0.2, 0) is 6.61 Å². The molecule has 0 unspecified atom stereocenters.